The molecule has 0 aromatic heterocycles. The summed E-state index contributed by atoms with van der Waals surface area (Å²) in [6.07, 6.45) is 5.28. The van der Waals surface area contributed by atoms with Gasteiger partial charge in [0, 0.05) is 17.8 Å². The van der Waals surface area contributed by atoms with Crippen molar-refractivity contribution in [2.75, 3.05) is 18.5 Å². The Hall–Kier alpha value is -1.20. The maximum absolute atomic E-state index is 13.6. The second-order valence-corrected chi connectivity index (χ2v) is 5.20. The number of hydrogen-bond donors (Lipinski definition) is 2. The molecular weight excluding hydrogens is 263 g/mol. The first-order valence-electron chi connectivity index (χ1n) is 6.61. The lowest BCUT2D eigenvalue weighted by atomic mass is 10.2. The lowest BCUT2D eigenvalue weighted by Gasteiger charge is -2.12. The summed E-state index contributed by atoms with van der Waals surface area (Å²) in [5, 5.41) is 3.13. The number of ether oxygens (including phenoxy) is 1. The Morgan fingerprint density at radius 1 is 1.42 bits per heavy atom. The maximum Gasteiger partial charge on any atom is 0.135 e. The molecule has 3 nitrogen and oxygen atoms in total. The van der Waals surface area contributed by atoms with Crippen molar-refractivity contribution in [3.8, 4) is 0 Å². The van der Waals surface area contributed by atoms with Crippen LogP contribution in [0.15, 0.2) is 18.2 Å². The highest BCUT2D eigenvalue weighted by Gasteiger charge is 2.14. The zero-order valence-electron chi connectivity index (χ0n) is 10.8. The lowest BCUT2D eigenvalue weighted by Crippen LogP contribution is -2.16. The number of halogens is 1. The van der Waals surface area contributed by atoms with Crippen molar-refractivity contribution < 1.29 is 9.13 Å². The van der Waals surface area contributed by atoms with E-state index in [-0.39, 0.29) is 10.6 Å². The number of nitrogens with two attached hydrogens (primary N) is 1. The highest BCUT2D eigenvalue weighted by molar-refractivity contribution is 7.80. The van der Waals surface area contributed by atoms with E-state index >= 15 is 0 Å². The van der Waals surface area contributed by atoms with Crippen molar-refractivity contribution in [1.82, 2.24) is 0 Å². The molecule has 1 aliphatic rings. The molecule has 0 radical (unpaired) electrons. The van der Waals surface area contributed by atoms with Crippen molar-refractivity contribution in [3.63, 3.8) is 0 Å². The number of thiocarbonyl (C=S) groups is 1. The number of nitrogens with one attached hydrogen (secondary N) is 1. The molecule has 0 spiro atoms. The van der Waals surface area contributed by atoms with E-state index in [2.05, 4.69) is 5.32 Å². The quantitative estimate of drug-likeness (QED) is 0.622. The van der Waals surface area contributed by atoms with E-state index in [0.29, 0.717) is 24.9 Å². The molecule has 1 aromatic rings. The van der Waals surface area contributed by atoms with Crippen molar-refractivity contribution in [2.24, 2.45) is 5.73 Å². The summed E-state index contributed by atoms with van der Waals surface area (Å²) in [6, 6.07) is 4.77. The molecule has 2 rings (SSSR count). The molecule has 0 saturated heterocycles. The molecule has 0 bridgehead atoms. The van der Waals surface area contributed by atoms with E-state index in [1.54, 1.807) is 12.1 Å². The van der Waals surface area contributed by atoms with Crippen LogP contribution in [0, 0.1) is 5.82 Å². The first kappa shape index (κ1) is 14.2. The Labute approximate surface area is 118 Å². The topological polar surface area (TPSA) is 47.3 Å². The molecule has 5 heteroatoms. The van der Waals surface area contributed by atoms with Gasteiger partial charge >= 0.3 is 0 Å². The van der Waals surface area contributed by atoms with Gasteiger partial charge in [0.2, 0.25) is 0 Å². The predicted octanol–water partition coefficient (Wildman–Crippen LogP) is 2.83. The third-order valence-electron chi connectivity index (χ3n) is 3.32. The Kier molecular flexibility index (Phi) is 5.10. The predicted molar refractivity (Wildman–Crippen MR) is 79.0 cm³/mol. The van der Waals surface area contributed by atoms with Crippen molar-refractivity contribution in [1.29, 1.82) is 0 Å². The summed E-state index contributed by atoms with van der Waals surface area (Å²) >= 11 is 4.76. The molecule has 104 valence electrons. The zero-order chi connectivity index (χ0) is 13.7. The van der Waals surface area contributed by atoms with Gasteiger partial charge in [-0.1, -0.05) is 25.1 Å². The Bertz CT molecular complexity index is 447. The van der Waals surface area contributed by atoms with E-state index in [0.717, 1.165) is 12.8 Å². The van der Waals surface area contributed by atoms with Crippen LogP contribution in [0.2, 0.25) is 0 Å². The van der Waals surface area contributed by atoms with Crippen LogP contribution in [-0.2, 0) is 4.74 Å². The monoisotopic (exact) mass is 282 g/mol. The van der Waals surface area contributed by atoms with Gasteiger partial charge in [-0.3, -0.25) is 0 Å². The molecule has 1 saturated carbocycles. The molecule has 0 atom stereocenters. The van der Waals surface area contributed by atoms with E-state index in [9.17, 15) is 4.39 Å². The van der Waals surface area contributed by atoms with Gasteiger partial charge in [0.05, 0.1) is 12.7 Å². The number of hydrogen-bond acceptors (Lipinski definition) is 3. The highest BCUT2D eigenvalue weighted by atomic mass is 32.1. The van der Waals surface area contributed by atoms with Crippen LogP contribution >= 0.6 is 12.2 Å². The standard InChI is InChI=1S/C14H19FN2OS/c15-13-9-10(5-6-12(13)14(16)19)17-7-8-18-11-3-1-2-4-11/h5-6,9,11,17H,1-4,7-8H2,(H2,16,19). The van der Waals surface area contributed by atoms with Crippen molar-refractivity contribution in [3.05, 3.63) is 29.6 Å². The molecule has 1 aliphatic carbocycles. The summed E-state index contributed by atoms with van der Waals surface area (Å²) in [5.41, 5.74) is 6.40. The normalized spacial score (nSPS) is 15.6. The van der Waals surface area contributed by atoms with Crippen LogP contribution in [0.25, 0.3) is 0 Å². The SMILES string of the molecule is NC(=S)c1ccc(NCCOC2CCCC2)cc1F. The smallest absolute Gasteiger partial charge is 0.135 e. The highest BCUT2D eigenvalue weighted by Crippen LogP contribution is 2.20. The molecule has 0 unspecified atom stereocenters. The van der Waals surface area contributed by atoms with Crippen LogP contribution in [0.4, 0.5) is 10.1 Å². The molecule has 0 amide bonds. The van der Waals surface area contributed by atoms with Gasteiger partial charge in [-0.05, 0) is 31.0 Å². The first-order chi connectivity index (χ1) is 9.16. The number of rotatable bonds is 6. The molecule has 3 N–H and O–H groups in total. The van der Waals surface area contributed by atoms with E-state index in [1.807, 2.05) is 0 Å². The summed E-state index contributed by atoms with van der Waals surface area (Å²) < 4.78 is 19.3. The third kappa shape index (κ3) is 4.14. The van der Waals surface area contributed by atoms with Gasteiger partial charge in [-0.2, -0.15) is 0 Å². The Morgan fingerprint density at radius 2 is 2.16 bits per heavy atom. The Morgan fingerprint density at radius 3 is 2.79 bits per heavy atom. The fourth-order valence-corrected chi connectivity index (χ4v) is 2.47. The molecular formula is C14H19FN2OS. The van der Waals surface area contributed by atoms with Crippen molar-refractivity contribution >= 4 is 22.9 Å². The van der Waals surface area contributed by atoms with Gasteiger partial charge in [0.25, 0.3) is 0 Å². The minimum absolute atomic E-state index is 0.0774. The van der Waals surface area contributed by atoms with E-state index in [1.165, 1.54) is 18.9 Å². The number of anilines is 1. The van der Waals surface area contributed by atoms with Gasteiger partial charge in [0.15, 0.2) is 0 Å². The molecule has 0 aliphatic heterocycles. The zero-order valence-corrected chi connectivity index (χ0v) is 11.6. The van der Waals surface area contributed by atoms with E-state index in [4.69, 9.17) is 22.7 Å². The van der Waals surface area contributed by atoms with Crippen LogP contribution in [0.5, 0.6) is 0 Å². The van der Waals surface area contributed by atoms with Gasteiger partial charge in [-0.25, -0.2) is 4.39 Å². The van der Waals surface area contributed by atoms with E-state index < -0.39 is 5.82 Å². The minimum Gasteiger partial charge on any atom is -0.389 e. The maximum atomic E-state index is 13.6. The van der Waals surface area contributed by atoms with Crippen molar-refractivity contribution in [2.45, 2.75) is 31.8 Å². The fraction of sp³-hybridized carbons (Fsp3) is 0.500. The summed E-state index contributed by atoms with van der Waals surface area (Å²) in [5.74, 6) is -0.394. The van der Waals surface area contributed by atoms with Crippen LogP contribution in [0.3, 0.4) is 0 Å². The molecule has 1 fully saturated rings. The first-order valence-corrected chi connectivity index (χ1v) is 7.02. The van der Waals surface area contributed by atoms with Gasteiger partial charge in [0.1, 0.15) is 10.8 Å². The molecule has 0 heterocycles. The average Bonchev–Trinajstić information content (AvgIpc) is 2.87. The van der Waals surface area contributed by atoms with Crippen LogP contribution in [-0.4, -0.2) is 24.2 Å². The number of benzene rings is 1. The second kappa shape index (κ2) is 6.82. The van der Waals surface area contributed by atoms with Gasteiger partial charge < -0.3 is 15.8 Å². The minimum atomic E-state index is -0.394. The Balaban J connectivity index is 1.76. The summed E-state index contributed by atoms with van der Waals surface area (Å²) in [7, 11) is 0. The molecule has 19 heavy (non-hydrogen) atoms. The average molecular weight is 282 g/mol. The molecule has 1 aromatic carbocycles. The lowest BCUT2D eigenvalue weighted by molar-refractivity contribution is 0.0659. The second-order valence-electron chi connectivity index (χ2n) is 4.76. The third-order valence-corrected chi connectivity index (χ3v) is 3.54. The largest absolute Gasteiger partial charge is 0.389 e. The van der Waals surface area contributed by atoms with Crippen LogP contribution < -0.4 is 11.1 Å². The summed E-state index contributed by atoms with van der Waals surface area (Å²) in [6.45, 7) is 1.31. The fourth-order valence-electron chi connectivity index (χ4n) is 2.30. The van der Waals surface area contributed by atoms with Crippen LogP contribution in [0.1, 0.15) is 31.2 Å². The van der Waals surface area contributed by atoms with Gasteiger partial charge in [-0.15, -0.1) is 0 Å². The summed E-state index contributed by atoms with van der Waals surface area (Å²) in [4.78, 5) is 0.0774.